The summed E-state index contributed by atoms with van der Waals surface area (Å²) in [4.78, 5) is 0. The van der Waals surface area contributed by atoms with Gasteiger partial charge in [-0.15, -0.1) is 0 Å². The predicted octanol–water partition coefficient (Wildman–Crippen LogP) is 4.95. The quantitative estimate of drug-likeness (QED) is 0.576. The molecule has 0 radical (unpaired) electrons. The van der Waals surface area contributed by atoms with E-state index in [9.17, 15) is 0 Å². The highest BCUT2D eigenvalue weighted by molar-refractivity contribution is 5.60. The van der Waals surface area contributed by atoms with Gasteiger partial charge >= 0.3 is 0 Å². The van der Waals surface area contributed by atoms with Gasteiger partial charge in [0.2, 0.25) is 6.79 Å². The summed E-state index contributed by atoms with van der Waals surface area (Å²) < 4.78 is 11.2. The fourth-order valence-corrected chi connectivity index (χ4v) is 3.60. The Morgan fingerprint density at radius 2 is 1.64 bits per heavy atom. The van der Waals surface area contributed by atoms with E-state index in [0.29, 0.717) is 23.0 Å². The number of nitrogen functional groups attached to an aromatic ring is 2. The van der Waals surface area contributed by atoms with Crippen molar-refractivity contribution in [1.82, 2.24) is 0 Å². The smallest absolute Gasteiger partial charge is 0.230 e. The summed E-state index contributed by atoms with van der Waals surface area (Å²) in [5, 5.41) is 0. The SMILES string of the molecule is CCC1CCC(c2ccc(OCOc3ccc(N)cc3N)cc2)CC1. The fourth-order valence-electron chi connectivity index (χ4n) is 3.60. The lowest BCUT2D eigenvalue weighted by Crippen LogP contribution is -2.12. The van der Waals surface area contributed by atoms with Crippen molar-refractivity contribution in [2.45, 2.75) is 44.9 Å². The van der Waals surface area contributed by atoms with Crippen molar-refractivity contribution in [2.75, 3.05) is 18.3 Å². The molecule has 0 aliphatic heterocycles. The third kappa shape index (κ3) is 4.59. The van der Waals surface area contributed by atoms with Gasteiger partial charge < -0.3 is 20.9 Å². The molecule has 0 amide bonds. The van der Waals surface area contributed by atoms with Gasteiger partial charge in [-0.1, -0.05) is 25.5 Å². The van der Waals surface area contributed by atoms with E-state index in [1.807, 2.05) is 12.1 Å². The first-order valence-electron chi connectivity index (χ1n) is 9.16. The minimum absolute atomic E-state index is 0.120. The number of ether oxygens (including phenoxy) is 2. The van der Waals surface area contributed by atoms with Crippen LogP contribution in [0.2, 0.25) is 0 Å². The van der Waals surface area contributed by atoms with E-state index >= 15 is 0 Å². The maximum absolute atomic E-state index is 5.86. The van der Waals surface area contributed by atoms with Gasteiger partial charge in [0.05, 0.1) is 5.69 Å². The van der Waals surface area contributed by atoms with Crippen molar-refractivity contribution >= 4 is 11.4 Å². The molecule has 1 saturated carbocycles. The Balaban J connectivity index is 1.49. The summed E-state index contributed by atoms with van der Waals surface area (Å²) in [6.07, 6.45) is 6.64. The lowest BCUT2D eigenvalue weighted by molar-refractivity contribution is 0.120. The first-order valence-corrected chi connectivity index (χ1v) is 9.16. The topological polar surface area (TPSA) is 70.5 Å². The molecular formula is C21H28N2O2. The zero-order valence-corrected chi connectivity index (χ0v) is 14.9. The Labute approximate surface area is 150 Å². The zero-order valence-electron chi connectivity index (χ0n) is 14.9. The third-order valence-corrected chi connectivity index (χ3v) is 5.25. The molecule has 4 nitrogen and oxygen atoms in total. The van der Waals surface area contributed by atoms with Gasteiger partial charge in [0.15, 0.2) is 0 Å². The number of benzene rings is 2. The molecule has 2 aromatic rings. The van der Waals surface area contributed by atoms with E-state index < -0.39 is 0 Å². The maximum atomic E-state index is 5.86. The summed E-state index contributed by atoms with van der Waals surface area (Å²) >= 11 is 0. The molecule has 134 valence electrons. The summed E-state index contributed by atoms with van der Waals surface area (Å²) in [6.45, 7) is 2.42. The molecule has 0 aromatic heterocycles. The summed E-state index contributed by atoms with van der Waals surface area (Å²) in [7, 11) is 0. The maximum Gasteiger partial charge on any atom is 0.230 e. The van der Waals surface area contributed by atoms with Crippen LogP contribution in [-0.4, -0.2) is 6.79 Å². The molecule has 4 N–H and O–H groups in total. The molecule has 25 heavy (non-hydrogen) atoms. The lowest BCUT2D eigenvalue weighted by atomic mass is 9.78. The Kier molecular flexibility index (Phi) is 5.69. The van der Waals surface area contributed by atoms with Crippen LogP contribution < -0.4 is 20.9 Å². The van der Waals surface area contributed by atoms with Crippen LogP contribution in [-0.2, 0) is 0 Å². The molecule has 0 heterocycles. The van der Waals surface area contributed by atoms with E-state index in [0.717, 1.165) is 11.7 Å². The van der Waals surface area contributed by atoms with Crippen LogP contribution in [0.15, 0.2) is 42.5 Å². The van der Waals surface area contributed by atoms with Gasteiger partial charge in [0.1, 0.15) is 11.5 Å². The molecule has 0 atom stereocenters. The highest BCUT2D eigenvalue weighted by Crippen LogP contribution is 2.37. The molecular weight excluding hydrogens is 312 g/mol. The van der Waals surface area contributed by atoms with Gasteiger partial charge in [-0.05, 0) is 73.4 Å². The van der Waals surface area contributed by atoms with Gasteiger partial charge in [0, 0.05) is 5.69 Å². The second-order valence-electron chi connectivity index (χ2n) is 6.90. The minimum atomic E-state index is 0.120. The van der Waals surface area contributed by atoms with E-state index in [4.69, 9.17) is 20.9 Å². The molecule has 1 fully saturated rings. The number of hydrogen-bond donors (Lipinski definition) is 2. The lowest BCUT2D eigenvalue weighted by Gasteiger charge is -2.28. The second-order valence-corrected chi connectivity index (χ2v) is 6.90. The molecule has 4 heteroatoms. The van der Waals surface area contributed by atoms with Crippen molar-refractivity contribution in [3.63, 3.8) is 0 Å². The zero-order chi connectivity index (χ0) is 17.6. The monoisotopic (exact) mass is 340 g/mol. The Morgan fingerprint density at radius 1 is 0.920 bits per heavy atom. The largest absolute Gasteiger partial charge is 0.458 e. The van der Waals surface area contributed by atoms with Crippen molar-refractivity contribution < 1.29 is 9.47 Å². The predicted molar refractivity (Wildman–Crippen MR) is 103 cm³/mol. The van der Waals surface area contributed by atoms with Crippen molar-refractivity contribution in [3.8, 4) is 11.5 Å². The first kappa shape index (κ1) is 17.5. The summed E-state index contributed by atoms with van der Waals surface area (Å²) in [6, 6.07) is 13.6. The highest BCUT2D eigenvalue weighted by atomic mass is 16.7. The van der Waals surface area contributed by atoms with Crippen LogP contribution in [0.3, 0.4) is 0 Å². The number of nitrogens with two attached hydrogens (primary N) is 2. The van der Waals surface area contributed by atoms with Crippen LogP contribution in [0.4, 0.5) is 11.4 Å². The van der Waals surface area contributed by atoms with Crippen LogP contribution in [0, 0.1) is 5.92 Å². The second kappa shape index (κ2) is 8.15. The first-order chi connectivity index (χ1) is 12.2. The average molecular weight is 340 g/mol. The van der Waals surface area contributed by atoms with Crippen LogP contribution in [0.25, 0.3) is 0 Å². The van der Waals surface area contributed by atoms with E-state index in [1.165, 1.54) is 37.7 Å². The van der Waals surface area contributed by atoms with E-state index in [2.05, 4.69) is 19.1 Å². The normalized spacial score (nSPS) is 20.2. The van der Waals surface area contributed by atoms with Crippen LogP contribution >= 0.6 is 0 Å². The van der Waals surface area contributed by atoms with Crippen LogP contribution in [0.1, 0.15) is 50.5 Å². The number of rotatable bonds is 6. The van der Waals surface area contributed by atoms with Gasteiger partial charge in [-0.2, -0.15) is 0 Å². The van der Waals surface area contributed by atoms with Gasteiger partial charge in [0.25, 0.3) is 0 Å². The molecule has 2 aromatic carbocycles. The van der Waals surface area contributed by atoms with E-state index in [-0.39, 0.29) is 6.79 Å². The van der Waals surface area contributed by atoms with Crippen molar-refractivity contribution in [1.29, 1.82) is 0 Å². The molecule has 0 unspecified atom stereocenters. The van der Waals surface area contributed by atoms with Crippen molar-refractivity contribution in [3.05, 3.63) is 48.0 Å². The summed E-state index contributed by atoms with van der Waals surface area (Å²) in [5.41, 5.74) is 14.1. The van der Waals surface area contributed by atoms with Crippen molar-refractivity contribution in [2.24, 2.45) is 5.92 Å². The Bertz CT molecular complexity index is 677. The van der Waals surface area contributed by atoms with Gasteiger partial charge in [-0.3, -0.25) is 0 Å². The highest BCUT2D eigenvalue weighted by Gasteiger charge is 2.21. The third-order valence-electron chi connectivity index (χ3n) is 5.25. The minimum Gasteiger partial charge on any atom is -0.458 e. The number of anilines is 2. The standard InChI is InChI=1S/C21H28N2O2/c1-2-15-3-5-16(6-4-15)17-7-10-19(11-8-17)24-14-25-21-12-9-18(22)13-20(21)23/h7-13,15-16H,2-6,14,22-23H2,1H3. The molecule has 1 aliphatic carbocycles. The Hall–Kier alpha value is -2.36. The average Bonchev–Trinajstić information content (AvgIpc) is 2.64. The molecule has 1 aliphatic rings. The Morgan fingerprint density at radius 3 is 2.28 bits per heavy atom. The van der Waals surface area contributed by atoms with Crippen LogP contribution in [0.5, 0.6) is 11.5 Å². The molecule has 3 rings (SSSR count). The van der Waals surface area contributed by atoms with Gasteiger partial charge in [-0.25, -0.2) is 0 Å². The molecule has 0 spiro atoms. The molecule has 0 saturated heterocycles. The van der Waals surface area contributed by atoms with E-state index in [1.54, 1.807) is 18.2 Å². The number of hydrogen-bond acceptors (Lipinski definition) is 4. The summed E-state index contributed by atoms with van der Waals surface area (Å²) in [5.74, 6) is 3.01. The fraction of sp³-hybridized carbons (Fsp3) is 0.429. The molecule has 0 bridgehead atoms.